The lowest BCUT2D eigenvalue weighted by atomic mass is 10.1. The normalized spacial score (nSPS) is 11.3. The van der Waals surface area contributed by atoms with Gasteiger partial charge < -0.3 is 4.74 Å². The van der Waals surface area contributed by atoms with Gasteiger partial charge in [-0.25, -0.2) is 5.43 Å². The SMILES string of the molecule is C/C(=N/NC(=O)COc1c(C)cc(Br)cc1Br)c1ccc(Cl)cc1. The van der Waals surface area contributed by atoms with Crippen molar-refractivity contribution in [2.45, 2.75) is 13.8 Å². The molecule has 0 saturated heterocycles. The van der Waals surface area contributed by atoms with Gasteiger partial charge in [-0.2, -0.15) is 5.10 Å². The number of benzene rings is 2. The van der Waals surface area contributed by atoms with Gasteiger partial charge in [0, 0.05) is 9.50 Å². The third-order valence-electron chi connectivity index (χ3n) is 3.15. The van der Waals surface area contributed by atoms with Crippen molar-refractivity contribution in [3.63, 3.8) is 0 Å². The summed E-state index contributed by atoms with van der Waals surface area (Å²) in [5.74, 6) is 0.296. The van der Waals surface area contributed by atoms with Crippen LogP contribution in [0.3, 0.4) is 0 Å². The van der Waals surface area contributed by atoms with Gasteiger partial charge in [-0.05, 0) is 65.2 Å². The van der Waals surface area contributed by atoms with Gasteiger partial charge in [0.2, 0.25) is 0 Å². The summed E-state index contributed by atoms with van der Waals surface area (Å²) in [4.78, 5) is 11.9. The summed E-state index contributed by atoms with van der Waals surface area (Å²) >= 11 is 12.7. The van der Waals surface area contributed by atoms with E-state index in [0.29, 0.717) is 16.5 Å². The zero-order valence-corrected chi connectivity index (χ0v) is 17.0. The maximum Gasteiger partial charge on any atom is 0.277 e. The van der Waals surface area contributed by atoms with Crippen LogP contribution in [0.25, 0.3) is 0 Å². The highest BCUT2D eigenvalue weighted by Crippen LogP contribution is 2.32. The topological polar surface area (TPSA) is 50.7 Å². The predicted octanol–water partition coefficient (Wildman–Crippen LogP) is 5.09. The number of hydrazone groups is 1. The van der Waals surface area contributed by atoms with E-state index in [1.54, 1.807) is 19.1 Å². The van der Waals surface area contributed by atoms with Crippen molar-refractivity contribution in [2.75, 3.05) is 6.61 Å². The minimum atomic E-state index is -0.336. The fraction of sp³-hybridized carbons (Fsp3) is 0.176. The zero-order chi connectivity index (χ0) is 17.7. The van der Waals surface area contributed by atoms with Crippen LogP contribution in [0.15, 0.2) is 50.4 Å². The van der Waals surface area contributed by atoms with Crippen LogP contribution in [0.5, 0.6) is 5.75 Å². The molecule has 2 aromatic carbocycles. The van der Waals surface area contributed by atoms with E-state index in [1.165, 1.54) is 0 Å². The van der Waals surface area contributed by atoms with Crippen molar-refractivity contribution in [1.29, 1.82) is 0 Å². The number of aryl methyl sites for hydroxylation is 1. The molecule has 24 heavy (non-hydrogen) atoms. The molecule has 0 radical (unpaired) electrons. The van der Waals surface area contributed by atoms with E-state index in [9.17, 15) is 4.79 Å². The molecular formula is C17H15Br2ClN2O2. The quantitative estimate of drug-likeness (QED) is 0.485. The Morgan fingerprint density at radius 3 is 2.54 bits per heavy atom. The highest BCUT2D eigenvalue weighted by Gasteiger charge is 2.09. The van der Waals surface area contributed by atoms with Gasteiger partial charge >= 0.3 is 0 Å². The average molecular weight is 475 g/mol. The number of nitrogens with one attached hydrogen (secondary N) is 1. The molecule has 0 bridgehead atoms. The van der Waals surface area contributed by atoms with Gasteiger partial charge in [0.05, 0.1) is 10.2 Å². The van der Waals surface area contributed by atoms with Crippen molar-refractivity contribution >= 4 is 55.1 Å². The fourth-order valence-corrected chi connectivity index (χ4v) is 3.62. The number of hydrogen-bond donors (Lipinski definition) is 1. The van der Waals surface area contributed by atoms with Gasteiger partial charge in [0.1, 0.15) is 5.75 Å². The summed E-state index contributed by atoms with van der Waals surface area (Å²) in [7, 11) is 0. The van der Waals surface area contributed by atoms with E-state index < -0.39 is 0 Å². The number of carbonyl (C=O) groups excluding carboxylic acids is 1. The number of amides is 1. The maximum absolute atomic E-state index is 11.9. The number of carbonyl (C=O) groups is 1. The Kier molecular flexibility index (Phi) is 6.83. The average Bonchev–Trinajstić information content (AvgIpc) is 2.52. The molecule has 0 fully saturated rings. The lowest BCUT2D eigenvalue weighted by molar-refractivity contribution is -0.123. The summed E-state index contributed by atoms with van der Waals surface area (Å²) in [5, 5.41) is 4.72. The third-order valence-corrected chi connectivity index (χ3v) is 4.45. The van der Waals surface area contributed by atoms with Crippen molar-refractivity contribution in [3.05, 3.63) is 61.5 Å². The van der Waals surface area contributed by atoms with E-state index in [2.05, 4.69) is 42.4 Å². The second-order valence-corrected chi connectivity index (χ2v) is 7.27. The Balaban J connectivity index is 1.94. The first-order chi connectivity index (χ1) is 11.4. The molecule has 0 heterocycles. The van der Waals surface area contributed by atoms with E-state index in [4.69, 9.17) is 16.3 Å². The van der Waals surface area contributed by atoms with Crippen molar-refractivity contribution in [1.82, 2.24) is 5.43 Å². The van der Waals surface area contributed by atoms with Crippen LogP contribution in [-0.2, 0) is 4.79 Å². The summed E-state index contributed by atoms with van der Waals surface area (Å²) in [6, 6.07) is 11.0. The Bertz CT molecular complexity index is 754. The van der Waals surface area contributed by atoms with Gasteiger partial charge in [-0.1, -0.05) is 39.7 Å². The number of rotatable bonds is 5. The molecule has 0 aliphatic rings. The van der Waals surface area contributed by atoms with E-state index in [1.807, 2.05) is 31.2 Å². The molecule has 0 saturated carbocycles. The van der Waals surface area contributed by atoms with Gasteiger partial charge in [-0.3, -0.25) is 4.79 Å². The van der Waals surface area contributed by atoms with Gasteiger partial charge in [-0.15, -0.1) is 0 Å². The number of hydrogen-bond acceptors (Lipinski definition) is 3. The molecule has 126 valence electrons. The number of ether oxygens (including phenoxy) is 1. The van der Waals surface area contributed by atoms with Crippen molar-refractivity contribution in [3.8, 4) is 5.75 Å². The maximum atomic E-state index is 11.9. The second-order valence-electron chi connectivity index (χ2n) is 5.06. The Morgan fingerprint density at radius 1 is 1.25 bits per heavy atom. The Morgan fingerprint density at radius 2 is 1.92 bits per heavy atom. The zero-order valence-electron chi connectivity index (χ0n) is 13.1. The highest BCUT2D eigenvalue weighted by atomic mass is 79.9. The number of nitrogens with zero attached hydrogens (tertiary/aromatic N) is 1. The van der Waals surface area contributed by atoms with E-state index in [0.717, 1.165) is 20.1 Å². The molecular weight excluding hydrogens is 459 g/mol. The van der Waals surface area contributed by atoms with Crippen LogP contribution in [0.2, 0.25) is 5.02 Å². The minimum absolute atomic E-state index is 0.127. The van der Waals surface area contributed by atoms with Crippen LogP contribution >= 0.6 is 43.5 Å². The molecule has 0 unspecified atom stereocenters. The Hall–Kier alpha value is -1.37. The van der Waals surface area contributed by atoms with Gasteiger partial charge in [0.15, 0.2) is 6.61 Å². The molecule has 2 rings (SSSR count). The van der Waals surface area contributed by atoms with Gasteiger partial charge in [0.25, 0.3) is 5.91 Å². The molecule has 0 aliphatic heterocycles. The van der Waals surface area contributed by atoms with E-state index in [-0.39, 0.29) is 12.5 Å². The molecule has 1 amide bonds. The van der Waals surface area contributed by atoms with Crippen molar-refractivity contribution in [2.24, 2.45) is 5.10 Å². The standard InChI is InChI=1S/C17H15Br2ClN2O2/c1-10-7-13(18)8-15(19)17(10)24-9-16(23)22-21-11(2)12-3-5-14(20)6-4-12/h3-8H,9H2,1-2H3,(H,22,23)/b21-11-. The molecule has 1 N–H and O–H groups in total. The first kappa shape index (κ1) is 19.0. The summed E-state index contributed by atoms with van der Waals surface area (Å²) in [5.41, 5.74) is 4.97. The van der Waals surface area contributed by atoms with Crippen LogP contribution in [0, 0.1) is 6.92 Å². The van der Waals surface area contributed by atoms with Crippen LogP contribution in [0.1, 0.15) is 18.1 Å². The first-order valence-electron chi connectivity index (χ1n) is 7.04. The summed E-state index contributed by atoms with van der Waals surface area (Å²) in [6.07, 6.45) is 0. The molecule has 0 aromatic heterocycles. The highest BCUT2D eigenvalue weighted by molar-refractivity contribution is 9.11. The fourth-order valence-electron chi connectivity index (χ4n) is 1.94. The van der Waals surface area contributed by atoms with Crippen molar-refractivity contribution < 1.29 is 9.53 Å². The Labute approximate surface area is 162 Å². The third kappa shape index (κ3) is 5.33. The first-order valence-corrected chi connectivity index (χ1v) is 9.00. The lowest BCUT2D eigenvalue weighted by Gasteiger charge is -2.11. The molecule has 2 aromatic rings. The molecule has 4 nitrogen and oxygen atoms in total. The smallest absolute Gasteiger partial charge is 0.277 e. The largest absolute Gasteiger partial charge is 0.482 e. The van der Waals surface area contributed by atoms with E-state index >= 15 is 0 Å². The minimum Gasteiger partial charge on any atom is -0.482 e. The lowest BCUT2D eigenvalue weighted by Crippen LogP contribution is -2.25. The molecule has 0 aliphatic carbocycles. The van der Waals surface area contributed by atoms with Crippen LogP contribution in [0.4, 0.5) is 0 Å². The summed E-state index contributed by atoms with van der Waals surface area (Å²) < 4.78 is 7.29. The number of halogens is 3. The predicted molar refractivity (Wildman–Crippen MR) is 104 cm³/mol. The molecule has 0 spiro atoms. The second kappa shape index (κ2) is 8.65. The summed E-state index contributed by atoms with van der Waals surface area (Å²) in [6.45, 7) is 3.59. The van der Waals surface area contributed by atoms with Crippen LogP contribution < -0.4 is 10.2 Å². The molecule has 0 atom stereocenters. The monoisotopic (exact) mass is 472 g/mol. The molecule has 7 heteroatoms. The van der Waals surface area contributed by atoms with Crippen LogP contribution in [-0.4, -0.2) is 18.2 Å².